The van der Waals surface area contributed by atoms with Gasteiger partial charge >= 0.3 is 0 Å². The third kappa shape index (κ3) is 3.16. The molecule has 18 heavy (non-hydrogen) atoms. The van der Waals surface area contributed by atoms with E-state index in [2.05, 4.69) is 31.4 Å². The van der Waals surface area contributed by atoms with Crippen LogP contribution >= 0.6 is 15.9 Å². The number of carbonyl (C=O) groups is 1. The number of benzene rings is 1. The number of carbonyl (C=O) groups excluding carboxylic acids is 1. The summed E-state index contributed by atoms with van der Waals surface area (Å²) in [6, 6.07) is 5.66. The maximum Gasteiger partial charge on any atom is 0.236 e. The molecule has 0 saturated carbocycles. The normalized spacial score (nSPS) is 10.4. The Labute approximate surface area is 113 Å². The summed E-state index contributed by atoms with van der Waals surface area (Å²) in [7, 11) is 0. The van der Waals surface area contributed by atoms with Gasteiger partial charge in [-0.2, -0.15) is 4.98 Å². The number of halogens is 1. The fourth-order valence-electron chi connectivity index (χ4n) is 1.51. The number of hydrogen-bond acceptors (Lipinski definition) is 4. The molecule has 1 aromatic heterocycles. The van der Waals surface area contributed by atoms with Crippen LogP contribution in [0, 0.1) is 13.8 Å². The largest absolute Gasteiger partial charge is 0.339 e. The van der Waals surface area contributed by atoms with Crippen molar-refractivity contribution in [1.82, 2.24) is 10.1 Å². The first-order valence-corrected chi connectivity index (χ1v) is 6.19. The number of nitrogens with one attached hydrogen (secondary N) is 1. The van der Waals surface area contributed by atoms with Crippen LogP contribution in [0.3, 0.4) is 0 Å². The van der Waals surface area contributed by atoms with Crippen LogP contribution in [0.2, 0.25) is 0 Å². The first kappa shape index (κ1) is 12.8. The van der Waals surface area contributed by atoms with Crippen molar-refractivity contribution in [3.63, 3.8) is 0 Å². The van der Waals surface area contributed by atoms with Crippen molar-refractivity contribution in [1.29, 1.82) is 0 Å². The molecule has 2 aromatic rings. The highest BCUT2D eigenvalue weighted by molar-refractivity contribution is 9.10. The Morgan fingerprint density at radius 1 is 1.44 bits per heavy atom. The smallest absolute Gasteiger partial charge is 0.236 e. The summed E-state index contributed by atoms with van der Waals surface area (Å²) in [6.45, 7) is 3.64. The third-order valence-corrected chi connectivity index (χ3v) is 2.84. The minimum Gasteiger partial charge on any atom is -0.339 e. The summed E-state index contributed by atoms with van der Waals surface area (Å²) in [5.41, 5.74) is 1.76. The number of nitrogens with zero attached hydrogens (tertiary/aromatic N) is 2. The number of amides is 1. The molecule has 0 bridgehead atoms. The van der Waals surface area contributed by atoms with Crippen LogP contribution in [-0.2, 0) is 11.2 Å². The van der Waals surface area contributed by atoms with Gasteiger partial charge in [0.05, 0.1) is 0 Å². The predicted molar refractivity (Wildman–Crippen MR) is 70.2 cm³/mol. The van der Waals surface area contributed by atoms with Crippen LogP contribution in [0.5, 0.6) is 0 Å². The van der Waals surface area contributed by atoms with Crippen LogP contribution in [0.1, 0.15) is 17.3 Å². The standard InChI is InChI=1S/C12H12BrN3O2/c1-7-5-9(13)3-4-10(7)15-11(17)6-12-14-8(2)16-18-12/h3-5H,6H2,1-2H3,(H,15,17). The molecule has 2 rings (SSSR count). The second kappa shape index (κ2) is 5.30. The van der Waals surface area contributed by atoms with Gasteiger partial charge in [0.2, 0.25) is 11.8 Å². The van der Waals surface area contributed by atoms with E-state index in [-0.39, 0.29) is 12.3 Å². The fraction of sp³-hybridized carbons (Fsp3) is 0.250. The predicted octanol–water partition coefficient (Wildman–Crippen LogP) is 2.63. The van der Waals surface area contributed by atoms with E-state index in [0.29, 0.717) is 11.7 Å². The molecule has 0 aliphatic carbocycles. The molecule has 0 fully saturated rings. The van der Waals surface area contributed by atoms with E-state index in [0.717, 1.165) is 15.7 Å². The molecule has 6 heteroatoms. The van der Waals surface area contributed by atoms with Gasteiger partial charge < -0.3 is 9.84 Å². The van der Waals surface area contributed by atoms with Gasteiger partial charge in [0.1, 0.15) is 6.42 Å². The van der Waals surface area contributed by atoms with Crippen LogP contribution < -0.4 is 5.32 Å². The van der Waals surface area contributed by atoms with E-state index in [1.54, 1.807) is 6.92 Å². The molecule has 1 heterocycles. The first-order valence-electron chi connectivity index (χ1n) is 5.40. The first-order chi connectivity index (χ1) is 8.54. The van der Waals surface area contributed by atoms with Crippen molar-refractivity contribution in [2.24, 2.45) is 0 Å². The van der Waals surface area contributed by atoms with Crippen LogP contribution in [0.15, 0.2) is 27.2 Å². The zero-order valence-electron chi connectivity index (χ0n) is 10.0. The monoisotopic (exact) mass is 309 g/mol. The van der Waals surface area contributed by atoms with Gasteiger partial charge in [-0.25, -0.2) is 0 Å². The quantitative estimate of drug-likeness (QED) is 0.946. The summed E-state index contributed by atoms with van der Waals surface area (Å²) in [6.07, 6.45) is 0.0797. The van der Waals surface area contributed by atoms with E-state index < -0.39 is 0 Å². The number of anilines is 1. The van der Waals surface area contributed by atoms with Gasteiger partial charge in [0.15, 0.2) is 5.82 Å². The summed E-state index contributed by atoms with van der Waals surface area (Å²) >= 11 is 3.37. The Morgan fingerprint density at radius 2 is 2.22 bits per heavy atom. The Morgan fingerprint density at radius 3 is 2.83 bits per heavy atom. The van der Waals surface area contributed by atoms with Gasteiger partial charge in [0, 0.05) is 10.2 Å². The average Bonchev–Trinajstić information content (AvgIpc) is 2.68. The van der Waals surface area contributed by atoms with Gasteiger partial charge in [-0.05, 0) is 37.6 Å². The fourth-order valence-corrected chi connectivity index (χ4v) is 1.99. The second-order valence-electron chi connectivity index (χ2n) is 3.92. The van der Waals surface area contributed by atoms with Crippen LogP contribution in [-0.4, -0.2) is 16.0 Å². The van der Waals surface area contributed by atoms with Gasteiger partial charge in [0.25, 0.3) is 0 Å². The van der Waals surface area contributed by atoms with Gasteiger partial charge in [-0.15, -0.1) is 0 Å². The van der Waals surface area contributed by atoms with Crippen molar-refractivity contribution in [3.05, 3.63) is 40.0 Å². The lowest BCUT2D eigenvalue weighted by molar-refractivity contribution is -0.115. The minimum atomic E-state index is -0.177. The minimum absolute atomic E-state index is 0.0797. The van der Waals surface area contributed by atoms with Crippen LogP contribution in [0.25, 0.3) is 0 Å². The van der Waals surface area contributed by atoms with Crippen molar-refractivity contribution in [2.45, 2.75) is 20.3 Å². The summed E-state index contributed by atoms with van der Waals surface area (Å²) < 4.78 is 5.87. The van der Waals surface area contributed by atoms with Crippen molar-refractivity contribution in [3.8, 4) is 0 Å². The molecule has 0 radical (unpaired) electrons. The number of rotatable bonds is 3. The highest BCUT2D eigenvalue weighted by atomic mass is 79.9. The van der Waals surface area contributed by atoms with E-state index in [9.17, 15) is 4.79 Å². The molecule has 0 atom stereocenters. The lowest BCUT2D eigenvalue weighted by Gasteiger charge is -2.07. The van der Waals surface area contributed by atoms with Crippen molar-refractivity contribution in [2.75, 3.05) is 5.32 Å². The molecule has 1 amide bonds. The van der Waals surface area contributed by atoms with E-state index >= 15 is 0 Å². The van der Waals surface area contributed by atoms with Crippen molar-refractivity contribution < 1.29 is 9.32 Å². The van der Waals surface area contributed by atoms with Crippen LogP contribution in [0.4, 0.5) is 5.69 Å². The summed E-state index contributed by atoms with van der Waals surface area (Å²) in [5.74, 6) is 0.668. The molecule has 0 aliphatic rings. The maximum absolute atomic E-state index is 11.8. The van der Waals surface area contributed by atoms with Gasteiger partial charge in [-0.3, -0.25) is 4.79 Å². The molecule has 0 aliphatic heterocycles. The molecule has 0 unspecified atom stereocenters. The molecule has 0 spiro atoms. The second-order valence-corrected chi connectivity index (χ2v) is 4.84. The summed E-state index contributed by atoms with van der Waals surface area (Å²) in [4.78, 5) is 15.8. The average molecular weight is 310 g/mol. The molecule has 1 aromatic carbocycles. The molecule has 5 nitrogen and oxygen atoms in total. The molecule has 0 saturated heterocycles. The lowest BCUT2D eigenvalue weighted by Crippen LogP contribution is -2.15. The van der Waals surface area contributed by atoms with Gasteiger partial charge in [-0.1, -0.05) is 21.1 Å². The number of aromatic nitrogens is 2. The van der Waals surface area contributed by atoms with E-state index in [4.69, 9.17) is 4.52 Å². The maximum atomic E-state index is 11.8. The Bertz CT molecular complexity index is 580. The Hall–Kier alpha value is -1.69. The molecular formula is C12H12BrN3O2. The van der Waals surface area contributed by atoms with E-state index in [1.165, 1.54) is 0 Å². The molecular weight excluding hydrogens is 298 g/mol. The van der Waals surface area contributed by atoms with Crippen molar-refractivity contribution >= 4 is 27.5 Å². The SMILES string of the molecule is Cc1noc(CC(=O)Nc2ccc(Br)cc2C)n1. The zero-order valence-corrected chi connectivity index (χ0v) is 11.6. The molecule has 94 valence electrons. The topological polar surface area (TPSA) is 68.0 Å². The highest BCUT2D eigenvalue weighted by Crippen LogP contribution is 2.20. The third-order valence-electron chi connectivity index (χ3n) is 2.34. The lowest BCUT2D eigenvalue weighted by atomic mass is 10.2. The highest BCUT2D eigenvalue weighted by Gasteiger charge is 2.10. The number of aryl methyl sites for hydroxylation is 2. The Balaban J connectivity index is 2.03. The number of hydrogen-bond donors (Lipinski definition) is 1. The zero-order chi connectivity index (χ0) is 13.1. The summed E-state index contributed by atoms with van der Waals surface area (Å²) in [5, 5.41) is 6.44. The Kier molecular flexibility index (Phi) is 3.76. The molecule has 1 N–H and O–H groups in total. The van der Waals surface area contributed by atoms with E-state index in [1.807, 2.05) is 25.1 Å².